The van der Waals surface area contributed by atoms with Gasteiger partial charge >= 0.3 is 5.97 Å². The van der Waals surface area contributed by atoms with Crippen molar-refractivity contribution in [2.24, 2.45) is 5.16 Å². The number of oxime groups is 1. The van der Waals surface area contributed by atoms with Crippen LogP contribution in [0.25, 0.3) is 0 Å². The second-order valence-electron chi connectivity index (χ2n) is 4.91. The predicted octanol–water partition coefficient (Wildman–Crippen LogP) is 2.91. The fraction of sp³-hybridized carbons (Fsp3) is 0.312. The van der Waals surface area contributed by atoms with E-state index in [0.29, 0.717) is 18.9 Å². The molecule has 0 saturated carbocycles. The number of nitrogens with zero attached hydrogens (tertiary/aromatic N) is 2. The van der Waals surface area contributed by atoms with E-state index in [1.165, 1.54) is 11.8 Å². The maximum atomic E-state index is 11.6. The van der Waals surface area contributed by atoms with Gasteiger partial charge in [-0.15, -0.1) is 0 Å². The first-order chi connectivity index (χ1) is 10.8. The van der Waals surface area contributed by atoms with Gasteiger partial charge in [-0.1, -0.05) is 35.5 Å². The summed E-state index contributed by atoms with van der Waals surface area (Å²) in [4.78, 5) is 21.0. The van der Waals surface area contributed by atoms with E-state index in [1.54, 1.807) is 6.92 Å². The third-order valence-corrected chi connectivity index (χ3v) is 3.26. The Labute approximate surface area is 127 Å². The average molecular weight is 300 g/mol. The third-order valence-electron chi connectivity index (χ3n) is 3.26. The van der Waals surface area contributed by atoms with Crippen LogP contribution in [-0.2, 0) is 16.0 Å². The van der Waals surface area contributed by atoms with E-state index in [9.17, 15) is 4.79 Å². The molecule has 0 radical (unpaired) electrons. The molecule has 2 heterocycles. The molecule has 6 heteroatoms. The molecule has 3 rings (SSSR count). The highest BCUT2D eigenvalue weighted by Crippen LogP contribution is 2.27. The highest BCUT2D eigenvalue weighted by Gasteiger charge is 2.28. The van der Waals surface area contributed by atoms with Crippen LogP contribution in [0.1, 0.15) is 41.4 Å². The van der Waals surface area contributed by atoms with E-state index in [1.807, 2.05) is 30.3 Å². The number of hydrogen-bond acceptors (Lipinski definition) is 6. The van der Waals surface area contributed by atoms with Crippen LogP contribution in [-0.4, -0.2) is 23.3 Å². The van der Waals surface area contributed by atoms with Crippen LogP contribution in [0.4, 0.5) is 0 Å². The monoisotopic (exact) mass is 300 g/mol. The number of oxazole rings is 1. The smallest absolute Gasteiger partial charge is 0.360 e. The number of carbonyl (C=O) groups is 1. The molecule has 0 bridgehead atoms. The highest BCUT2D eigenvalue weighted by molar-refractivity contribution is 5.88. The molecule has 1 unspecified atom stereocenters. The molecule has 0 aliphatic carbocycles. The number of ether oxygens (including phenoxy) is 1. The summed E-state index contributed by atoms with van der Waals surface area (Å²) in [6.45, 7) is 2.04. The SMILES string of the molecule is CCOC(=O)c1coc(C2CC(Cc3ccccc3)=NO2)n1. The third kappa shape index (κ3) is 3.16. The molecule has 0 fully saturated rings. The summed E-state index contributed by atoms with van der Waals surface area (Å²) in [7, 11) is 0. The quantitative estimate of drug-likeness (QED) is 0.794. The molecule has 0 spiro atoms. The number of hydrogen-bond donors (Lipinski definition) is 0. The van der Waals surface area contributed by atoms with Crippen LogP contribution in [0, 0.1) is 0 Å². The van der Waals surface area contributed by atoms with Gasteiger partial charge in [-0.3, -0.25) is 0 Å². The molecule has 0 N–H and O–H groups in total. The number of esters is 1. The lowest BCUT2D eigenvalue weighted by Crippen LogP contribution is -2.06. The lowest BCUT2D eigenvalue weighted by Gasteiger charge is -2.02. The molecule has 1 atom stereocenters. The molecule has 0 saturated heterocycles. The van der Waals surface area contributed by atoms with Crippen molar-refractivity contribution in [3.8, 4) is 0 Å². The minimum Gasteiger partial charge on any atom is -0.461 e. The Morgan fingerprint density at radius 2 is 2.18 bits per heavy atom. The first-order valence-electron chi connectivity index (χ1n) is 7.14. The summed E-state index contributed by atoms with van der Waals surface area (Å²) in [6, 6.07) is 10.0. The van der Waals surface area contributed by atoms with Gasteiger partial charge in [-0.2, -0.15) is 0 Å². The second kappa shape index (κ2) is 6.43. The van der Waals surface area contributed by atoms with Crippen molar-refractivity contribution in [2.45, 2.75) is 25.9 Å². The molecule has 1 aliphatic heterocycles. The van der Waals surface area contributed by atoms with Crippen LogP contribution in [0.15, 0.2) is 46.2 Å². The lowest BCUT2D eigenvalue weighted by molar-refractivity contribution is 0.0518. The Balaban J connectivity index is 1.61. The largest absolute Gasteiger partial charge is 0.461 e. The second-order valence-corrected chi connectivity index (χ2v) is 4.91. The van der Waals surface area contributed by atoms with Gasteiger partial charge in [0.25, 0.3) is 0 Å². The van der Waals surface area contributed by atoms with Gasteiger partial charge in [0.05, 0.1) is 12.3 Å². The van der Waals surface area contributed by atoms with E-state index < -0.39 is 5.97 Å². The molecule has 0 amide bonds. The molecule has 2 aromatic rings. The normalized spacial score (nSPS) is 17.0. The van der Waals surface area contributed by atoms with Gasteiger partial charge < -0.3 is 14.0 Å². The topological polar surface area (TPSA) is 73.9 Å². The number of benzene rings is 1. The number of carbonyl (C=O) groups excluding carboxylic acids is 1. The van der Waals surface area contributed by atoms with Crippen LogP contribution in [0.2, 0.25) is 0 Å². The standard InChI is InChI=1S/C16H16N2O4/c1-2-20-16(19)13-10-21-15(17-13)14-9-12(18-22-14)8-11-6-4-3-5-7-11/h3-7,10,14H,2,8-9H2,1H3. The Bertz CT molecular complexity index is 678. The van der Waals surface area contributed by atoms with E-state index in [0.717, 1.165) is 12.1 Å². The van der Waals surface area contributed by atoms with Crippen molar-refractivity contribution < 1.29 is 18.8 Å². The predicted molar refractivity (Wildman–Crippen MR) is 78.5 cm³/mol. The van der Waals surface area contributed by atoms with Gasteiger partial charge in [0.15, 0.2) is 5.69 Å². The number of aromatic nitrogens is 1. The maximum Gasteiger partial charge on any atom is 0.360 e. The summed E-state index contributed by atoms with van der Waals surface area (Å²) in [6.07, 6.45) is 2.22. The van der Waals surface area contributed by atoms with Gasteiger partial charge in [-0.05, 0) is 12.5 Å². The summed E-state index contributed by atoms with van der Waals surface area (Å²) >= 11 is 0. The zero-order chi connectivity index (χ0) is 15.4. The van der Waals surface area contributed by atoms with Gasteiger partial charge in [0.1, 0.15) is 6.26 Å². The molecule has 1 aliphatic rings. The first kappa shape index (κ1) is 14.3. The molecule has 114 valence electrons. The van der Waals surface area contributed by atoms with Crippen LogP contribution in [0.3, 0.4) is 0 Å². The van der Waals surface area contributed by atoms with Gasteiger partial charge in [-0.25, -0.2) is 9.78 Å². The fourth-order valence-corrected chi connectivity index (χ4v) is 2.23. The van der Waals surface area contributed by atoms with Crippen molar-refractivity contribution in [3.63, 3.8) is 0 Å². The summed E-state index contributed by atoms with van der Waals surface area (Å²) in [5.41, 5.74) is 2.24. The minimum atomic E-state index is -0.499. The van der Waals surface area contributed by atoms with Gasteiger partial charge in [0.2, 0.25) is 12.0 Å². The zero-order valence-corrected chi connectivity index (χ0v) is 12.2. The van der Waals surface area contributed by atoms with Crippen molar-refractivity contribution in [1.82, 2.24) is 4.98 Å². The molecule has 6 nitrogen and oxygen atoms in total. The van der Waals surface area contributed by atoms with Crippen LogP contribution >= 0.6 is 0 Å². The van der Waals surface area contributed by atoms with Crippen molar-refractivity contribution in [1.29, 1.82) is 0 Å². The summed E-state index contributed by atoms with van der Waals surface area (Å²) in [5, 5.41) is 4.08. The minimum absolute atomic E-state index is 0.150. The van der Waals surface area contributed by atoms with E-state index in [2.05, 4.69) is 10.1 Å². The molecular formula is C16H16N2O4. The molecular weight excluding hydrogens is 284 g/mol. The van der Waals surface area contributed by atoms with Crippen molar-refractivity contribution >= 4 is 11.7 Å². The summed E-state index contributed by atoms with van der Waals surface area (Å²) < 4.78 is 10.2. The Morgan fingerprint density at radius 1 is 1.36 bits per heavy atom. The van der Waals surface area contributed by atoms with E-state index in [-0.39, 0.29) is 11.8 Å². The Morgan fingerprint density at radius 3 is 2.95 bits per heavy atom. The van der Waals surface area contributed by atoms with Crippen molar-refractivity contribution in [2.75, 3.05) is 6.61 Å². The lowest BCUT2D eigenvalue weighted by atomic mass is 10.0. The molecule has 22 heavy (non-hydrogen) atoms. The van der Waals surface area contributed by atoms with E-state index in [4.69, 9.17) is 14.0 Å². The first-order valence-corrected chi connectivity index (χ1v) is 7.14. The Hall–Kier alpha value is -2.63. The summed E-state index contributed by atoms with van der Waals surface area (Å²) in [5.74, 6) is -0.157. The van der Waals surface area contributed by atoms with Gasteiger partial charge in [0, 0.05) is 12.8 Å². The maximum absolute atomic E-state index is 11.6. The number of rotatable bonds is 5. The van der Waals surface area contributed by atoms with E-state index >= 15 is 0 Å². The van der Waals surface area contributed by atoms with Crippen LogP contribution in [0.5, 0.6) is 0 Å². The fourth-order valence-electron chi connectivity index (χ4n) is 2.23. The molecule has 1 aromatic heterocycles. The molecule has 1 aromatic carbocycles. The highest BCUT2D eigenvalue weighted by atomic mass is 16.6. The average Bonchev–Trinajstić information content (AvgIpc) is 3.17. The zero-order valence-electron chi connectivity index (χ0n) is 12.2. The van der Waals surface area contributed by atoms with Crippen molar-refractivity contribution in [3.05, 3.63) is 53.7 Å². The van der Waals surface area contributed by atoms with Crippen LogP contribution < -0.4 is 0 Å². The Kier molecular flexibility index (Phi) is 4.18.